The number of nitrogens with zero attached hydrogens (tertiary/aromatic N) is 3. The van der Waals surface area contributed by atoms with E-state index in [1.165, 1.54) is 4.68 Å². The van der Waals surface area contributed by atoms with Crippen LogP contribution in [-0.4, -0.2) is 20.5 Å². The number of carbonyl (C=O) groups is 1. The number of aromatic nitrogens is 2. The molecule has 88 valence electrons. The van der Waals surface area contributed by atoms with Gasteiger partial charge >= 0.3 is 5.69 Å². The Kier molecular flexibility index (Phi) is 3.76. The van der Waals surface area contributed by atoms with E-state index in [9.17, 15) is 14.9 Å². The van der Waals surface area contributed by atoms with Crippen molar-refractivity contribution in [2.75, 3.05) is 0 Å². The van der Waals surface area contributed by atoms with Crippen molar-refractivity contribution in [3.63, 3.8) is 0 Å². The predicted molar refractivity (Wildman–Crippen MR) is 58.2 cm³/mol. The largest absolute Gasteiger partial charge is 0.313 e. The molecule has 1 rings (SSSR count). The zero-order valence-corrected chi connectivity index (χ0v) is 9.69. The summed E-state index contributed by atoms with van der Waals surface area (Å²) in [7, 11) is 1.62. The Morgan fingerprint density at radius 3 is 2.69 bits per heavy atom. The minimum absolute atomic E-state index is 0.00796. The van der Waals surface area contributed by atoms with Crippen LogP contribution in [0.15, 0.2) is 0 Å². The lowest BCUT2D eigenvalue weighted by atomic mass is 10.1. The molecule has 0 bridgehead atoms. The van der Waals surface area contributed by atoms with Crippen LogP contribution in [0.25, 0.3) is 0 Å². The third-order valence-electron chi connectivity index (χ3n) is 2.38. The number of nitro groups is 1. The van der Waals surface area contributed by atoms with Gasteiger partial charge in [0.1, 0.15) is 17.2 Å². The summed E-state index contributed by atoms with van der Waals surface area (Å²) in [6.07, 6.45) is 1.28. The number of hydrogen-bond acceptors (Lipinski definition) is 4. The molecule has 0 fully saturated rings. The Bertz CT molecular complexity index is 423. The fourth-order valence-electron chi connectivity index (χ4n) is 1.68. The monoisotopic (exact) mass is 225 g/mol. The third kappa shape index (κ3) is 2.44. The second-order valence-electron chi connectivity index (χ2n) is 3.73. The average molecular weight is 225 g/mol. The van der Waals surface area contributed by atoms with Gasteiger partial charge in [-0.15, -0.1) is 0 Å². The Balaban J connectivity index is 3.03. The molecular weight excluding hydrogens is 210 g/mol. The van der Waals surface area contributed by atoms with Gasteiger partial charge in [0.05, 0.1) is 11.3 Å². The zero-order chi connectivity index (χ0) is 12.3. The number of Topliss-reactive ketones (excluding diaryl/α,β-unsaturated/α-hetero) is 1. The summed E-state index contributed by atoms with van der Waals surface area (Å²) < 4.78 is 1.42. The molecule has 0 unspecified atom stereocenters. The number of carbonyl (C=O) groups excluding carboxylic acids is 1. The average Bonchev–Trinajstić information content (AvgIpc) is 2.41. The van der Waals surface area contributed by atoms with Crippen LogP contribution in [0.3, 0.4) is 0 Å². The lowest BCUT2D eigenvalue weighted by Gasteiger charge is -2.00. The molecule has 0 spiro atoms. The lowest BCUT2D eigenvalue weighted by Crippen LogP contribution is -2.08. The van der Waals surface area contributed by atoms with Gasteiger partial charge in [-0.05, 0) is 13.3 Å². The van der Waals surface area contributed by atoms with Crippen LogP contribution < -0.4 is 0 Å². The molecule has 0 radical (unpaired) electrons. The molecule has 0 aliphatic rings. The quantitative estimate of drug-likeness (QED) is 0.562. The van der Waals surface area contributed by atoms with E-state index in [1.54, 1.807) is 14.0 Å². The van der Waals surface area contributed by atoms with Gasteiger partial charge in [-0.25, -0.2) is 0 Å². The minimum Gasteiger partial charge on any atom is -0.299 e. The maximum absolute atomic E-state index is 11.5. The smallest absolute Gasteiger partial charge is 0.299 e. The highest BCUT2D eigenvalue weighted by Crippen LogP contribution is 2.23. The summed E-state index contributed by atoms with van der Waals surface area (Å²) in [6.45, 7) is 3.48. The van der Waals surface area contributed by atoms with E-state index in [0.717, 1.165) is 6.42 Å². The topological polar surface area (TPSA) is 78.0 Å². The summed E-state index contributed by atoms with van der Waals surface area (Å²) in [5, 5.41) is 14.8. The molecule has 0 N–H and O–H groups in total. The summed E-state index contributed by atoms with van der Waals surface area (Å²) in [5.74, 6) is 0.00796. The van der Waals surface area contributed by atoms with Gasteiger partial charge in [-0.1, -0.05) is 6.92 Å². The van der Waals surface area contributed by atoms with Crippen LogP contribution in [-0.2, 0) is 18.3 Å². The van der Waals surface area contributed by atoms with Crippen molar-refractivity contribution in [1.29, 1.82) is 0 Å². The molecule has 1 aromatic heterocycles. The van der Waals surface area contributed by atoms with Crippen molar-refractivity contribution in [3.8, 4) is 0 Å². The molecule has 0 amide bonds. The first-order valence-corrected chi connectivity index (χ1v) is 5.16. The summed E-state index contributed by atoms with van der Waals surface area (Å²) in [4.78, 5) is 21.8. The van der Waals surface area contributed by atoms with Crippen molar-refractivity contribution in [2.24, 2.45) is 7.05 Å². The first-order valence-electron chi connectivity index (χ1n) is 5.16. The molecule has 1 heterocycles. The first-order chi connectivity index (χ1) is 7.47. The van der Waals surface area contributed by atoms with E-state index < -0.39 is 4.92 Å². The van der Waals surface area contributed by atoms with Crippen LogP contribution in [0.2, 0.25) is 0 Å². The summed E-state index contributed by atoms with van der Waals surface area (Å²) >= 11 is 0. The number of aryl methyl sites for hydroxylation is 2. The summed E-state index contributed by atoms with van der Waals surface area (Å²) in [5.41, 5.74) is 0.708. The maximum Gasteiger partial charge on any atom is 0.313 e. The maximum atomic E-state index is 11.5. The van der Waals surface area contributed by atoms with Crippen LogP contribution >= 0.6 is 0 Å². The van der Waals surface area contributed by atoms with Gasteiger partial charge in [0.15, 0.2) is 0 Å². The number of hydrogen-bond donors (Lipinski definition) is 0. The van der Waals surface area contributed by atoms with Gasteiger partial charge < -0.3 is 0 Å². The van der Waals surface area contributed by atoms with Gasteiger partial charge in [-0.2, -0.15) is 5.10 Å². The summed E-state index contributed by atoms with van der Waals surface area (Å²) in [6, 6.07) is 0. The fraction of sp³-hybridized carbons (Fsp3) is 0.600. The van der Waals surface area contributed by atoms with Gasteiger partial charge in [0.25, 0.3) is 0 Å². The van der Waals surface area contributed by atoms with Gasteiger partial charge in [0, 0.05) is 13.5 Å². The van der Waals surface area contributed by atoms with Crippen LogP contribution in [0.1, 0.15) is 31.2 Å². The molecule has 0 atom stereocenters. The van der Waals surface area contributed by atoms with Crippen molar-refractivity contribution in [2.45, 2.75) is 33.1 Å². The van der Waals surface area contributed by atoms with Crippen LogP contribution in [0, 0.1) is 17.0 Å². The molecule has 6 nitrogen and oxygen atoms in total. The van der Waals surface area contributed by atoms with E-state index >= 15 is 0 Å². The highest BCUT2D eigenvalue weighted by Gasteiger charge is 2.24. The van der Waals surface area contributed by atoms with Crippen molar-refractivity contribution >= 4 is 11.5 Å². The van der Waals surface area contributed by atoms with E-state index in [4.69, 9.17) is 0 Å². The number of ketones is 1. The first kappa shape index (κ1) is 12.4. The van der Waals surface area contributed by atoms with E-state index in [2.05, 4.69) is 5.10 Å². The molecule has 0 aliphatic carbocycles. The molecule has 6 heteroatoms. The Morgan fingerprint density at radius 2 is 2.19 bits per heavy atom. The molecular formula is C10H15N3O3. The normalized spacial score (nSPS) is 10.4. The Morgan fingerprint density at radius 1 is 1.56 bits per heavy atom. The van der Waals surface area contributed by atoms with Gasteiger partial charge in [0.2, 0.25) is 0 Å². The highest BCUT2D eigenvalue weighted by molar-refractivity contribution is 5.81. The predicted octanol–water partition coefficient (Wildman–Crippen LogP) is 1.55. The SMILES string of the molecule is CCCC(=O)Cc1c([N+](=O)[O-])c(C)nn1C. The second kappa shape index (κ2) is 4.87. The van der Waals surface area contributed by atoms with E-state index in [-0.39, 0.29) is 17.9 Å². The zero-order valence-electron chi connectivity index (χ0n) is 9.69. The molecule has 1 aromatic rings. The Hall–Kier alpha value is -1.72. The van der Waals surface area contributed by atoms with E-state index in [1.807, 2.05) is 6.92 Å². The molecule has 0 saturated carbocycles. The van der Waals surface area contributed by atoms with Crippen molar-refractivity contribution in [1.82, 2.24) is 9.78 Å². The van der Waals surface area contributed by atoms with Crippen LogP contribution in [0.5, 0.6) is 0 Å². The lowest BCUT2D eigenvalue weighted by molar-refractivity contribution is -0.386. The molecule has 0 aromatic carbocycles. The Labute approximate surface area is 93.4 Å². The second-order valence-corrected chi connectivity index (χ2v) is 3.73. The van der Waals surface area contributed by atoms with Crippen molar-refractivity contribution in [3.05, 3.63) is 21.5 Å². The number of rotatable bonds is 5. The van der Waals surface area contributed by atoms with E-state index in [0.29, 0.717) is 17.8 Å². The molecule has 16 heavy (non-hydrogen) atoms. The fourth-order valence-corrected chi connectivity index (χ4v) is 1.68. The van der Waals surface area contributed by atoms with Gasteiger partial charge in [-0.3, -0.25) is 19.6 Å². The molecule has 0 aliphatic heterocycles. The molecule has 0 saturated heterocycles. The third-order valence-corrected chi connectivity index (χ3v) is 2.38. The standard InChI is InChI=1S/C10H15N3O3/c1-4-5-8(14)6-9-10(13(15)16)7(2)11-12(9)3/h4-6H2,1-3H3. The highest BCUT2D eigenvalue weighted by atomic mass is 16.6. The van der Waals surface area contributed by atoms with Crippen molar-refractivity contribution < 1.29 is 9.72 Å². The van der Waals surface area contributed by atoms with Crippen LogP contribution in [0.4, 0.5) is 5.69 Å². The minimum atomic E-state index is -0.475.